The van der Waals surface area contributed by atoms with E-state index < -0.39 is 0 Å². The van der Waals surface area contributed by atoms with Crippen molar-refractivity contribution in [2.24, 2.45) is 0 Å². The van der Waals surface area contributed by atoms with Crippen LogP contribution in [0.15, 0.2) is 36.5 Å². The highest BCUT2D eigenvalue weighted by molar-refractivity contribution is 5.97. The van der Waals surface area contributed by atoms with Crippen molar-refractivity contribution in [1.82, 2.24) is 4.90 Å². The Morgan fingerprint density at radius 3 is 2.53 bits per heavy atom. The van der Waals surface area contributed by atoms with E-state index in [-0.39, 0.29) is 5.91 Å². The third-order valence-electron chi connectivity index (χ3n) is 2.21. The molecule has 0 radical (unpaired) electrons. The number of amides is 1. The van der Waals surface area contributed by atoms with Crippen molar-refractivity contribution in [3.8, 4) is 5.75 Å². The van der Waals surface area contributed by atoms with Crippen LogP contribution in [-0.2, 0) is 0 Å². The first-order valence-electron chi connectivity index (χ1n) is 4.64. The normalized spacial score (nSPS) is 9.53. The van der Waals surface area contributed by atoms with Crippen LogP contribution in [0.3, 0.4) is 0 Å². The number of benzene rings is 1. The molecule has 1 amide bonds. The van der Waals surface area contributed by atoms with Crippen LogP contribution in [0, 0.1) is 0 Å². The Kier molecular flexibility index (Phi) is 3.50. The predicted molar refractivity (Wildman–Crippen MR) is 59.9 cm³/mol. The molecule has 0 unspecified atom stereocenters. The summed E-state index contributed by atoms with van der Waals surface area (Å²) in [6, 6.07) is 7.14. The van der Waals surface area contributed by atoms with E-state index in [2.05, 4.69) is 6.58 Å². The van der Waals surface area contributed by atoms with Crippen molar-refractivity contribution in [3.63, 3.8) is 0 Å². The molecule has 0 fully saturated rings. The molecule has 80 valence electrons. The van der Waals surface area contributed by atoms with Crippen molar-refractivity contribution < 1.29 is 9.53 Å². The Morgan fingerprint density at radius 1 is 1.40 bits per heavy atom. The van der Waals surface area contributed by atoms with Gasteiger partial charge in [0.05, 0.1) is 12.7 Å². The highest BCUT2D eigenvalue weighted by atomic mass is 16.5. The minimum Gasteiger partial charge on any atom is -0.496 e. The number of rotatable bonds is 3. The molecule has 0 aliphatic carbocycles. The van der Waals surface area contributed by atoms with Crippen LogP contribution >= 0.6 is 0 Å². The number of hydrogen-bond donors (Lipinski definition) is 0. The van der Waals surface area contributed by atoms with E-state index in [0.29, 0.717) is 17.0 Å². The summed E-state index contributed by atoms with van der Waals surface area (Å²) in [6.45, 7) is 5.51. The van der Waals surface area contributed by atoms with Crippen LogP contribution in [0.2, 0.25) is 0 Å². The summed E-state index contributed by atoms with van der Waals surface area (Å²) in [5.74, 6) is 0.468. The number of ether oxygens (including phenoxy) is 1. The van der Waals surface area contributed by atoms with Crippen molar-refractivity contribution in [1.29, 1.82) is 0 Å². The van der Waals surface area contributed by atoms with E-state index in [1.165, 1.54) is 4.90 Å². The fourth-order valence-corrected chi connectivity index (χ4v) is 1.18. The standard InChI is InChI=1S/C12H15NO2/c1-9(2)13(3)12(14)10-7-5-6-8-11(10)15-4/h5-8H,1H2,2-4H3. The van der Waals surface area contributed by atoms with Gasteiger partial charge in [0, 0.05) is 12.7 Å². The lowest BCUT2D eigenvalue weighted by atomic mass is 10.1. The van der Waals surface area contributed by atoms with E-state index in [1.807, 2.05) is 12.1 Å². The summed E-state index contributed by atoms with van der Waals surface area (Å²) in [4.78, 5) is 13.4. The Morgan fingerprint density at radius 2 is 2.00 bits per heavy atom. The van der Waals surface area contributed by atoms with E-state index >= 15 is 0 Å². The lowest BCUT2D eigenvalue weighted by molar-refractivity contribution is 0.0834. The zero-order valence-electron chi connectivity index (χ0n) is 9.28. The molecule has 1 aromatic rings. The smallest absolute Gasteiger partial charge is 0.261 e. The first-order chi connectivity index (χ1) is 7.07. The summed E-state index contributed by atoms with van der Waals surface area (Å²) in [5.41, 5.74) is 1.25. The molecule has 0 aromatic heterocycles. The van der Waals surface area contributed by atoms with Gasteiger partial charge in [-0.1, -0.05) is 18.7 Å². The predicted octanol–water partition coefficient (Wildman–Crippen LogP) is 2.30. The van der Waals surface area contributed by atoms with E-state index in [0.717, 1.165) is 0 Å². The van der Waals surface area contributed by atoms with Gasteiger partial charge in [0.2, 0.25) is 0 Å². The zero-order chi connectivity index (χ0) is 11.4. The molecule has 15 heavy (non-hydrogen) atoms. The van der Waals surface area contributed by atoms with Gasteiger partial charge in [-0.25, -0.2) is 0 Å². The molecule has 3 heteroatoms. The molecule has 0 saturated carbocycles. The summed E-state index contributed by atoms with van der Waals surface area (Å²) < 4.78 is 5.12. The third kappa shape index (κ3) is 2.37. The maximum absolute atomic E-state index is 12.0. The molecule has 0 heterocycles. The summed E-state index contributed by atoms with van der Waals surface area (Å²) in [6.07, 6.45) is 0. The Bertz CT molecular complexity index is 385. The Hall–Kier alpha value is -1.77. The largest absolute Gasteiger partial charge is 0.496 e. The van der Waals surface area contributed by atoms with Crippen LogP contribution < -0.4 is 4.74 Å². The van der Waals surface area contributed by atoms with Crippen molar-refractivity contribution in [3.05, 3.63) is 42.1 Å². The first-order valence-corrected chi connectivity index (χ1v) is 4.64. The van der Waals surface area contributed by atoms with Crippen LogP contribution in [0.25, 0.3) is 0 Å². The van der Waals surface area contributed by atoms with Crippen LogP contribution in [-0.4, -0.2) is 25.0 Å². The second kappa shape index (κ2) is 4.64. The lowest BCUT2D eigenvalue weighted by Crippen LogP contribution is -2.24. The topological polar surface area (TPSA) is 29.5 Å². The van der Waals surface area contributed by atoms with Gasteiger partial charge < -0.3 is 9.64 Å². The SMILES string of the molecule is C=C(C)N(C)C(=O)c1ccccc1OC. The molecular formula is C12H15NO2. The molecule has 0 atom stereocenters. The molecule has 1 aromatic carbocycles. The Balaban J connectivity index is 3.05. The molecule has 0 saturated heterocycles. The van der Waals surface area contributed by atoms with Gasteiger partial charge >= 0.3 is 0 Å². The number of nitrogens with zero attached hydrogens (tertiary/aromatic N) is 1. The van der Waals surface area contributed by atoms with E-state index in [1.54, 1.807) is 33.2 Å². The van der Waals surface area contributed by atoms with Gasteiger partial charge in [0.25, 0.3) is 5.91 Å². The van der Waals surface area contributed by atoms with Crippen LogP contribution in [0.4, 0.5) is 0 Å². The minimum atomic E-state index is -0.111. The van der Waals surface area contributed by atoms with E-state index in [4.69, 9.17) is 4.74 Å². The second-order valence-electron chi connectivity index (χ2n) is 3.30. The van der Waals surface area contributed by atoms with Crippen molar-refractivity contribution in [2.75, 3.05) is 14.2 Å². The van der Waals surface area contributed by atoms with Gasteiger partial charge in [0.1, 0.15) is 5.75 Å². The van der Waals surface area contributed by atoms with E-state index in [9.17, 15) is 4.79 Å². The number of carbonyl (C=O) groups is 1. The Labute approximate surface area is 90.0 Å². The minimum absolute atomic E-state index is 0.111. The first kappa shape index (κ1) is 11.3. The van der Waals surface area contributed by atoms with Gasteiger partial charge in [-0.3, -0.25) is 4.79 Å². The average Bonchev–Trinajstić information content (AvgIpc) is 2.26. The number of hydrogen-bond acceptors (Lipinski definition) is 2. The number of methoxy groups -OCH3 is 1. The average molecular weight is 205 g/mol. The zero-order valence-corrected chi connectivity index (χ0v) is 9.28. The molecule has 1 rings (SSSR count). The summed E-state index contributed by atoms with van der Waals surface area (Å²) in [7, 11) is 3.24. The summed E-state index contributed by atoms with van der Waals surface area (Å²) >= 11 is 0. The van der Waals surface area contributed by atoms with Crippen molar-refractivity contribution >= 4 is 5.91 Å². The highest BCUT2D eigenvalue weighted by Crippen LogP contribution is 2.19. The number of allylic oxidation sites excluding steroid dienone is 1. The molecule has 0 spiro atoms. The molecule has 0 aliphatic heterocycles. The third-order valence-corrected chi connectivity index (χ3v) is 2.21. The quantitative estimate of drug-likeness (QED) is 0.757. The lowest BCUT2D eigenvalue weighted by Gasteiger charge is -2.18. The molecule has 0 aliphatic rings. The summed E-state index contributed by atoms with van der Waals surface area (Å²) in [5, 5.41) is 0. The molecule has 0 bridgehead atoms. The molecule has 3 nitrogen and oxygen atoms in total. The number of carbonyl (C=O) groups excluding carboxylic acids is 1. The van der Waals surface area contributed by atoms with Gasteiger partial charge in [0.15, 0.2) is 0 Å². The monoisotopic (exact) mass is 205 g/mol. The fourth-order valence-electron chi connectivity index (χ4n) is 1.18. The van der Waals surface area contributed by atoms with Crippen molar-refractivity contribution in [2.45, 2.75) is 6.92 Å². The van der Waals surface area contributed by atoms with Crippen LogP contribution in [0.1, 0.15) is 17.3 Å². The fraction of sp³-hybridized carbons (Fsp3) is 0.250. The number of para-hydroxylation sites is 1. The van der Waals surface area contributed by atoms with Crippen LogP contribution in [0.5, 0.6) is 5.75 Å². The van der Waals surface area contributed by atoms with Gasteiger partial charge in [-0.05, 0) is 19.1 Å². The molecular weight excluding hydrogens is 190 g/mol. The van der Waals surface area contributed by atoms with Gasteiger partial charge in [-0.2, -0.15) is 0 Å². The maximum Gasteiger partial charge on any atom is 0.261 e. The molecule has 0 N–H and O–H groups in total. The highest BCUT2D eigenvalue weighted by Gasteiger charge is 2.15. The maximum atomic E-state index is 12.0. The second-order valence-corrected chi connectivity index (χ2v) is 3.30. The van der Waals surface area contributed by atoms with Gasteiger partial charge in [-0.15, -0.1) is 0 Å².